The third-order valence-corrected chi connectivity index (χ3v) is 3.01. The second kappa shape index (κ2) is 7.85. The summed E-state index contributed by atoms with van der Waals surface area (Å²) >= 11 is 6.02. The van der Waals surface area contributed by atoms with Gasteiger partial charge in [0.25, 0.3) is 0 Å². The molecule has 0 saturated carbocycles. The van der Waals surface area contributed by atoms with Gasteiger partial charge in [-0.2, -0.15) is 0 Å². The molecule has 1 aromatic heterocycles. The molecule has 114 valence electrons. The van der Waals surface area contributed by atoms with Crippen molar-refractivity contribution in [2.75, 3.05) is 18.5 Å². The minimum atomic E-state index is 0.0412. The molecule has 2 aromatic rings. The van der Waals surface area contributed by atoms with Crippen LogP contribution in [0.3, 0.4) is 0 Å². The van der Waals surface area contributed by atoms with Gasteiger partial charge in [-0.25, -0.2) is 4.68 Å². The van der Waals surface area contributed by atoms with E-state index in [-0.39, 0.29) is 6.61 Å². The Balaban J connectivity index is 2.01. The number of nitrogens with zero attached hydrogens (tertiary/aromatic N) is 3. The van der Waals surface area contributed by atoms with Crippen molar-refractivity contribution in [2.24, 2.45) is 0 Å². The molecular weight excluding hydrogens is 292 g/mol. The fourth-order valence-electron chi connectivity index (χ4n) is 1.80. The van der Waals surface area contributed by atoms with Gasteiger partial charge in [0.1, 0.15) is 11.4 Å². The molecule has 0 aliphatic rings. The van der Waals surface area contributed by atoms with Gasteiger partial charge in [0, 0.05) is 5.02 Å². The van der Waals surface area contributed by atoms with Gasteiger partial charge >= 0.3 is 0 Å². The van der Waals surface area contributed by atoms with Gasteiger partial charge < -0.3 is 15.2 Å². The number of nitrogens with one attached hydrogen (secondary N) is 1. The summed E-state index contributed by atoms with van der Waals surface area (Å²) in [5, 5.41) is 20.7. The lowest BCUT2D eigenvalue weighted by atomic mass is 10.3. The van der Waals surface area contributed by atoms with E-state index in [4.69, 9.17) is 21.4 Å². The summed E-state index contributed by atoms with van der Waals surface area (Å²) in [6.45, 7) is 3.70. The van der Waals surface area contributed by atoms with Gasteiger partial charge in [-0.15, -0.1) is 5.10 Å². The lowest BCUT2D eigenvalue weighted by molar-refractivity contribution is 0.268. The Morgan fingerprint density at radius 1 is 1.43 bits per heavy atom. The van der Waals surface area contributed by atoms with Gasteiger partial charge in [-0.3, -0.25) is 0 Å². The highest BCUT2D eigenvalue weighted by molar-refractivity contribution is 6.30. The summed E-state index contributed by atoms with van der Waals surface area (Å²) in [6, 6.07) is 5.48. The molecule has 2 rings (SSSR count). The Morgan fingerprint density at radius 3 is 3.05 bits per heavy atom. The maximum Gasteiger partial charge on any atom is 0.142 e. The number of hydrogen-bond donors (Lipinski definition) is 2. The van der Waals surface area contributed by atoms with Gasteiger partial charge in [0.05, 0.1) is 38.2 Å². The number of benzene rings is 1. The van der Waals surface area contributed by atoms with Crippen molar-refractivity contribution in [3.8, 4) is 5.75 Å². The van der Waals surface area contributed by atoms with E-state index in [1.807, 2.05) is 12.1 Å². The zero-order valence-electron chi connectivity index (χ0n) is 11.9. The Hall–Kier alpha value is -1.79. The lowest BCUT2D eigenvalue weighted by Crippen LogP contribution is -2.04. The van der Waals surface area contributed by atoms with Crippen LogP contribution in [0.4, 0.5) is 5.69 Å². The summed E-state index contributed by atoms with van der Waals surface area (Å²) in [4.78, 5) is 0. The van der Waals surface area contributed by atoms with Crippen LogP contribution >= 0.6 is 11.6 Å². The second-order valence-corrected chi connectivity index (χ2v) is 4.98. The number of halogens is 1. The number of hydrogen-bond acceptors (Lipinski definition) is 5. The molecule has 2 N–H and O–H groups in total. The van der Waals surface area contributed by atoms with Crippen molar-refractivity contribution in [3.63, 3.8) is 0 Å². The molecule has 1 heterocycles. The van der Waals surface area contributed by atoms with Crippen molar-refractivity contribution in [3.05, 3.63) is 35.1 Å². The standard InChI is InChI=1S/C14H19ClN4O2/c1-2-7-21-14-4-3-11(15)8-13(14)16-9-12-10-19(5-6-20)18-17-12/h3-4,8,10,16,20H,2,5-7,9H2,1H3. The molecule has 6 nitrogen and oxygen atoms in total. The van der Waals surface area contributed by atoms with Crippen LogP contribution in [0.15, 0.2) is 24.4 Å². The van der Waals surface area contributed by atoms with Gasteiger partial charge in [0.15, 0.2) is 0 Å². The first-order valence-corrected chi connectivity index (χ1v) is 7.26. The summed E-state index contributed by atoms with van der Waals surface area (Å²) in [5.41, 5.74) is 1.61. The van der Waals surface area contributed by atoms with Crippen LogP contribution in [-0.2, 0) is 13.1 Å². The van der Waals surface area contributed by atoms with E-state index in [1.165, 1.54) is 0 Å². The van der Waals surface area contributed by atoms with E-state index in [0.29, 0.717) is 24.7 Å². The highest BCUT2D eigenvalue weighted by atomic mass is 35.5. The predicted molar refractivity (Wildman–Crippen MR) is 81.7 cm³/mol. The van der Waals surface area contributed by atoms with E-state index < -0.39 is 0 Å². The van der Waals surface area contributed by atoms with E-state index in [0.717, 1.165) is 23.6 Å². The van der Waals surface area contributed by atoms with Crippen LogP contribution in [0.5, 0.6) is 5.75 Å². The maximum atomic E-state index is 8.85. The maximum absolute atomic E-state index is 8.85. The molecule has 0 amide bonds. The van der Waals surface area contributed by atoms with Crippen LogP contribution in [0.1, 0.15) is 19.0 Å². The van der Waals surface area contributed by atoms with Crippen molar-refractivity contribution < 1.29 is 9.84 Å². The number of aliphatic hydroxyl groups excluding tert-OH is 1. The monoisotopic (exact) mass is 310 g/mol. The molecule has 0 atom stereocenters. The van der Waals surface area contributed by atoms with E-state index in [1.54, 1.807) is 16.9 Å². The van der Waals surface area contributed by atoms with Crippen molar-refractivity contribution in [2.45, 2.75) is 26.4 Å². The zero-order valence-corrected chi connectivity index (χ0v) is 12.7. The van der Waals surface area contributed by atoms with Crippen LogP contribution in [0.2, 0.25) is 5.02 Å². The Bertz CT molecular complexity index is 574. The Labute approximate surface area is 128 Å². The Kier molecular flexibility index (Phi) is 5.83. The van der Waals surface area contributed by atoms with Crippen LogP contribution < -0.4 is 10.1 Å². The third kappa shape index (κ3) is 4.61. The van der Waals surface area contributed by atoms with Crippen molar-refractivity contribution in [1.29, 1.82) is 0 Å². The molecule has 21 heavy (non-hydrogen) atoms. The smallest absolute Gasteiger partial charge is 0.142 e. The van der Waals surface area contributed by atoms with Crippen molar-refractivity contribution >= 4 is 17.3 Å². The van der Waals surface area contributed by atoms with E-state index in [2.05, 4.69) is 22.6 Å². The number of rotatable bonds is 8. The zero-order chi connectivity index (χ0) is 15.1. The minimum Gasteiger partial charge on any atom is -0.491 e. The molecule has 0 aliphatic carbocycles. The summed E-state index contributed by atoms with van der Waals surface area (Å²) < 4.78 is 7.28. The molecule has 0 aliphatic heterocycles. The SMILES string of the molecule is CCCOc1ccc(Cl)cc1NCc1cn(CCO)nn1. The molecule has 7 heteroatoms. The van der Waals surface area contributed by atoms with Gasteiger partial charge in [-0.1, -0.05) is 23.7 Å². The summed E-state index contributed by atoms with van der Waals surface area (Å²) in [7, 11) is 0. The lowest BCUT2D eigenvalue weighted by Gasteiger charge is -2.12. The average molecular weight is 311 g/mol. The molecule has 0 fully saturated rings. The summed E-state index contributed by atoms with van der Waals surface area (Å²) in [5.74, 6) is 0.768. The molecule has 0 bridgehead atoms. The molecule has 0 saturated heterocycles. The Morgan fingerprint density at radius 2 is 2.29 bits per heavy atom. The first-order valence-electron chi connectivity index (χ1n) is 6.89. The molecule has 0 spiro atoms. The number of ether oxygens (including phenoxy) is 1. The molecule has 0 unspecified atom stereocenters. The third-order valence-electron chi connectivity index (χ3n) is 2.78. The number of aromatic nitrogens is 3. The number of anilines is 1. The van der Waals surface area contributed by atoms with Gasteiger partial charge in [-0.05, 0) is 24.6 Å². The highest BCUT2D eigenvalue weighted by Gasteiger charge is 2.06. The van der Waals surface area contributed by atoms with E-state index in [9.17, 15) is 0 Å². The summed E-state index contributed by atoms with van der Waals surface area (Å²) in [6.07, 6.45) is 2.73. The fraction of sp³-hybridized carbons (Fsp3) is 0.429. The van der Waals surface area contributed by atoms with Crippen LogP contribution in [0.25, 0.3) is 0 Å². The first kappa shape index (κ1) is 15.6. The molecule has 0 radical (unpaired) electrons. The average Bonchev–Trinajstić information content (AvgIpc) is 2.92. The fourth-order valence-corrected chi connectivity index (χ4v) is 1.97. The normalized spacial score (nSPS) is 10.6. The van der Waals surface area contributed by atoms with Crippen LogP contribution in [0, 0.1) is 0 Å². The van der Waals surface area contributed by atoms with Crippen LogP contribution in [-0.4, -0.2) is 33.3 Å². The molecule has 1 aromatic carbocycles. The topological polar surface area (TPSA) is 72.2 Å². The quantitative estimate of drug-likeness (QED) is 0.783. The van der Waals surface area contributed by atoms with E-state index >= 15 is 0 Å². The second-order valence-electron chi connectivity index (χ2n) is 4.54. The number of aliphatic hydroxyl groups is 1. The largest absolute Gasteiger partial charge is 0.491 e. The van der Waals surface area contributed by atoms with Gasteiger partial charge in [0.2, 0.25) is 0 Å². The minimum absolute atomic E-state index is 0.0412. The van der Waals surface area contributed by atoms with Crippen molar-refractivity contribution in [1.82, 2.24) is 15.0 Å². The predicted octanol–water partition coefficient (Wildman–Crippen LogP) is 2.32. The molecular formula is C14H19ClN4O2. The first-order chi connectivity index (χ1) is 10.2. The highest BCUT2D eigenvalue weighted by Crippen LogP contribution is 2.28.